The van der Waals surface area contributed by atoms with Crippen molar-refractivity contribution in [3.8, 4) is 0 Å². The van der Waals surface area contributed by atoms with Crippen molar-refractivity contribution in [3.05, 3.63) is 58.6 Å². The third-order valence-corrected chi connectivity index (χ3v) is 6.28. The van der Waals surface area contributed by atoms with Gasteiger partial charge in [0, 0.05) is 26.2 Å². The molecule has 0 unspecified atom stereocenters. The van der Waals surface area contributed by atoms with Crippen LogP contribution >= 0.6 is 11.6 Å². The summed E-state index contributed by atoms with van der Waals surface area (Å²) in [7, 11) is -1.70. The van der Waals surface area contributed by atoms with Crippen molar-refractivity contribution in [1.82, 2.24) is 9.80 Å². The first-order chi connectivity index (χ1) is 12.8. The summed E-state index contributed by atoms with van der Waals surface area (Å²) >= 11 is 6.28. The number of hydrogen-bond acceptors (Lipinski definition) is 4. The van der Waals surface area contributed by atoms with Crippen LogP contribution in [0.2, 0.25) is 5.02 Å². The number of benzene rings is 2. The molecule has 1 N–H and O–H groups in total. The Kier molecular flexibility index (Phi) is 5.74. The molecule has 0 atom stereocenters. The second-order valence-electron chi connectivity index (χ2n) is 6.71. The van der Waals surface area contributed by atoms with Crippen LogP contribution in [0.25, 0.3) is 0 Å². The van der Waals surface area contributed by atoms with Gasteiger partial charge in [-0.15, -0.1) is 0 Å². The Morgan fingerprint density at radius 3 is 2.26 bits per heavy atom. The molecular formula is C19H22ClN3O3S. The second kappa shape index (κ2) is 7.88. The Morgan fingerprint density at radius 2 is 1.67 bits per heavy atom. The monoisotopic (exact) mass is 407 g/mol. The number of rotatable bonds is 4. The van der Waals surface area contributed by atoms with Crippen molar-refractivity contribution < 1.29 is 13.2 Å². The fourth-order valence-electron chi connectivity index (χ4n) is 2.86. The second-order valence-corrected chi connectivity index (χ2v) is 8.80. The minimum absolute atomic E-state index is 0.138. The summed E-state index contributed by atoms with van der Waals surface area (Å²) in [5.74, 6) is -0.138. The highest BCUT2D eigenvalue weighted by molar-refractivity contribution is 7.92. The van der Waals surface area contributed by atoms with Gasteiger partial charge in [-0.3, -0.25) is 9.52 Å². The van der Waals surface area contributed by atoms with Crippen LogP contribution in [-0.2, 0) is 10.0 Å². The average molecular weight is 408 g/mol. The molecule has 1 saturated heterocycles. The van der Waals surface area contributed by atoms with Crippen molar-refractivity contribution in [2.24, 2.45) is 0 Å². The molecule has 2 aromatic rings. The highest BCUT2D eigenvalue weighted by Gasteiger charge is 2.23. The maximum atomic E-state index is 12.7. The lowest BCUT2D eigenvalue weighted by atomic mass is 10.1. The van der Waals surface area contributed by atoms with Crippen molar-refractivity contribution in [1.29, 1.82) is 0 Å². The van der Waals surface area contributed by atoms with Gasteiger partial charge in [-0.05, 0) is 44.3 Å². The molecule has 27 heavy (non-hydrogen) atoms. The van der Waals surface area contributed by atoms with Gasteiger partial charge in [0.25, 0.3) is 15.9 Å². The number of hydrogen-bond donors (Lipinski definition) is 1. The molecule has 1 amide bonds. The van der Waals surface area contributed by atoms with E-state index in [0.717, 1.165) is 18.7 Å². The summed E-state index contributed by atoms with van der Waals surface area (Å²) in [5, 5.41) is 0.225. The number of piperazine rings is 1. The molecule has 1 fully saturated rings. The number of halogens is 1. The van der Waals surface area contributed by atoms with Gasteiger partial charge in [0.2, 0.25) is 0 Å². The normalized spacial score (nSPS) is 15.6. The molecule has 1 heterocycles. The maximum absolute atomic E-state index is 12.7. The molecule has 1 aliphatic heterocycles. The number of carbonyl (C=O) groups is 1. The minimum atomic E-state index is -3.72. The van der Waals surface area contributed by atoms with Crippen LogP contribution in [0.5, 0.6) is 0 Å². The van der Waals surface area contributed by atoms with Crippen molar-refractivity contribution in [2.45, 2.75) is 11.8 Å². The molecule has 0 aromatic heterocycles. The van der Waals surface area contributed by atoms with Gasteiger partial charge in [0.15, 0.2) is 0 Å². The van der Waals surface area contributed by atoms with Crippen LogP contribution < -0.4 is 4.72 Å². The lowest BCUT2D eigenvalue weighted by molar-refractivity contribution is 0.0664. The summed E-state index contributed by atoms with van der Waals surface area (Å²) < 4.78 is 27.5. The van der Waals surface area contributed by atoms with Crippen LogP contribution in [0.15, 0.2) is 47.4 Å². The molecule has 8 heteroatoms. The predicted molar refractivity (Wildman–Crippen MR) is 107 cm³/mol. The number of sulfonamides is 1. The number of carbonyl (C=O) groups excluding carboxylic acids is 1. The largest absolute Gasteiger partial charge is 0.336 e. The molecule has 3 rings (SSSR count). The molecule has 0 bridgehead atoms. The summed E-state index contributed by atoms with van der Waals surface area (Å²) in [6.07, 6.45) is 0. The number of aryl methyl sites for hydroxylation is 1. The highest BCUT2D eigenvalue weighted by atomic mass is 35.5. The van der Waals surface area contributed by atoms with Gasteiger partial charge in [-0.2, -0.15) is 0 Å². The highest BCUT2D eigenvalue weighted by Crippen LogP contribution is 2.25. The molecule has 0 radical (unpaired) electrons. The standard InChI is InChI=1S/C19H22ClN3O3S/c1-14-3-6-16(7-4-14)27(25,26)21-15-5-8-17(18(20)13-15)19(24)23-11-9-22(2)10-12-23/h3-8,13,21H,9-12H2,1-2H3. The zero-order valence-corrected chi connectivity index (χ0v) is 16.8. The van der Waals surface area contributed by atoms with E-state index in [1.807, 2.05) is 14.0 Å². The van der Waals surface area contributed by atoms with Crippen LogP contribution in [-0.4, -0.2) is 57.4 Å². The van der Waals surface area contributed by atoms with Crippen LogP contribution in [0.1, 0.15) is 15.9 Å². The first-order valence-corrected chi connectivity index (χ1v) is 10.5. The van der Waals surface area contributed by atoms with E-state index in [4.69, 9.17) is 11.6 Å². The number of anilines is 1. The number of likely N-dealkylation sites (N-methyl/N-ethyl adjacent to an activating group) is 1. The Balaban J connectivity index is 1.76. The summed E-state index contributed by atoms with van der Waals surface area (Å²) in [5.41, 5.74) is 1.67. The molecule has 0 aliphatic carbocycles. The summed E-state index contributed by atoms with van der Waals surface area (Å²) in [4.78, 5) is 16.8. The number of amides is 1. The smallest absolute Gasteiger partial charge is 0.261 e. The molecular weight excluding hydrogens is 386 g/mol. The van der Waals surface area contributed by atoms with E-state index in [1.54, 1.807) is 41.3 Å². The summed E-state index contributed by atoms with van der Waals surface area (Å²) in [6, 6.07) is 11.2. The lowest BCUT2D eigenvalue weighted by Gasteiger charge is -2.32. The van der Waals surface area contributed by atoms with Crippen molar-refractivity contribution in [2.75, 3.05) is 37.9 Å². The first-order valence-electron chi connectivity index (χ1n) is 8.63. The Hall–Kier alpha value is -2.09. The van der Waals surface area contributed by atoms with E-state index < -0.39 is 10.0 Å². The van der Waals surface area contributed by atoms with E-state index in [2.05, 4.69) is 9.62 Å². The van der Waals surface area contributed by atoms with E-state index in [1.165, 1.54) is 6.07 Å². The van der Waals surface area contributed by atoms with Crippen LogP contribution in [0.4, 0.5) is 5.69 Å². The molecule has 0 spiro atoms. The van der Waals surface area contributed by atoms with Crippen LogP contribution in [0, 0.1) is 6.92 Å². The maximum Gasteiger partial charge on any atom is 0.261 e. The molecule has 0 saturated carbocycles. The Bertz CT molecular complexity index is 937. The topological polar surface area (TPSA) is 69.7 Å². The van der Waals surface area contributed by atoms with Gasteiger partial charge < -0.3 is 9.80 Å². The van der Waals surface area contributed by atoms with E-state index >= 15 is 0 Å². The van der Waals surface area contributed by atoms with Gasteiger partial charge in [-0.1, -0.05) is 29.3 Å². The van der Waals surface area contributed by atoms with E-state index in [9.17, 15) is 13.2 Å². The minimum Gasteiger partial charge on any atom is -0.336 e. The zero-order chi connectivity index (χ0) is 19.6. The van der Waals surface area contributed by atoms with Crippen molar-refractivity contribution in [3.63, 3.8) is 0 Å². The van der Waals surface area contributed by atoms with Crippen LogP contribution in [0.3, 0.4) is 0 Å². The third-order valence-electron chi connectivity index (χ3n) is 4.57. The molecule has 6 nitrogen and oxygen atoms in total. The number of nitrogens with zero attached hydrogens (tertiary/aromatic N) is 2. The van der Waals surface area contributed by atoms with Crippen molar-refractivity contribution >= 4 is 33.2 Å². The van der Waals surface area contributed by atoms with E-state index in [-0.39, 0.29) is 15.8 Å². The van der Waals surface area contributed by atoms with E-state index in [0.29, 0.717) is 24.3 Å². The fourth-order valence-corrected chi connectivity index (χ4v) is 4.17. The first kappa shape index (κ1) is 19.7. The predicted octanol–water partition coefficient (Wildman–Crippen LogP) is 2.84. The quantitative estimate of drug-likeness (QED) is 0.846. The SMILES string of the molecule is Cc1ccc(S(=O)(=O)Nc2ccc(C(=O)N3CCN(C)CC3)c(Cl)c2)cc1. The molecule has 2 aromatic carbocycles. The fraction of sp³-hybridized carbons (Fsp3) is 0.316. The average Bonchev–Trinajstić information content (AvgIpc) is 2.62. The zero-order valence-electron chi connectivity index (χ0n) is 15.3. The molecule has 144 valence electrons. The molecule has 1 aliphatic rings. The number of nitrogens with one attached hydrogen (secondary N) is 1. The van der Waals surface area contributed by atoms with Gasteiger partial charge in [0.05, 0.1) is 21.2 Å². The van der Waals surface area contributed by atoms with Gasteiger partial charge in [-0.25, -0.2) is 8.42 Å². The van der Waals surface area contributed by atoms with Gasteiger partial charge >= 0.3 is 0 Å². The lowest BCUT2D eigenvalue weighted by Crippen LogP contribution is -2.47. The Morgan fingerprint density at radius 1 is 1.04 bits per heavy atom. The van der Waals surface area contributed by atoms with Gasteiger partial charge in [0.1, 0.15) is 0 Å². The summed E-state index contributed by atoms with van der Waals surface area (Å²) in [6.45, 7) is 4.82. The Labute approximate surface area is 164 Å². The third kappa shape index (κ3) is 4.61.